The predicted octanol–water partition coefficient (Wildman–Crippen LogP) is 8.67. The second-order valence-corrected chi connectivity index (χ2v) is 11.3. The molecule has 39 heavy (non-hydrogen) atoms. The van der Waals surface area contributed by atoms with Crippen LogP contribution in [0.25, 0.3) is 0 Å². The Labute approximate surface area is 241 Å². The van der Waals surface area contributed by atoms with E-state index in [9.17, 15) is 0 Å². The number of hydrogen-bond donors (Lipinski definition) is 0. The van der Waals surface area contributed by atoms with E-state index in [0.29, 0.717) is 19.8 Å². The minimum atomic E-state index is -0.0204. The molecule has 1 heterocycles. The lowest BCUT2D eigenvalue weighted by molar-refractivity contribution is -0.0453. The summed E-state index contributed by atoms with van der Waals surface area (Å²) in [5.74, 6) is 0. The molecule has 0 bridgehead atoms. The topological polar surface area (TPSA) is 34.2 Å². The van der Waals surface area contributed by atoms with Crippen molar-refractivity contribution >= 4 is 0 Å². The maximum absolute atomic E-state index is 6.07. The fourth-order valence-electron chi connectivity index (χ4n) is 5.22. The second kappa shape index (κ2) is 23.2. The van der Waals surface area contributed by atoms with Gasteiger partial charge >= 0.3 is 0 Å². The van der Waals surface area contributed by atoms with E-state index in [4.69, 9.17) is 14.2 Å². The van der Waals surface area contributed by atoms with Crippen LogP contribution in [0, 0.1) is 0 Å². The summed E-state index contributed by atoms with van der Waals surface area (Å²) in [6.45, 7) is 10.1. The molecule has 224 valence electrons. The first-order valence-electron chi connectivity index (χ1n) is 16.2. The second-order valence-electron chi connectivity index (χ2n) is 11.3. The maximum Gasteiger partial charge on any atom is 0.104 e. The Bertz CT molecular complexity index is 726. The van der Waals surface area contributed by atoms with E-state index in [1.54, 1.807) is 7.11 Å². The molecule has 1 unspecified atom stereocenters. The van der Waals surface area contributed by atoms with Crippen molar-refractivity contribution in [3.05, 3.63) is 47.8 Å². The zero-order chi connectivity index (χ0) is 27.8. The lowest BCUT2D eigenvalue weighted by Crippen LogP contribution is -2.26. The first-order chi connectivity index (χ1) is 19.3. The van der Waals surface area contributed by atoms with Gasteiger partial charge in [-0.3, -0.25) is 0 Å². The van der Waals surface area contributed by atoms with Crippen LogP contribution in [0.5, 0.6) is 0 Å². The maximum atomic E-state index is 6.07. The Morgan fingerprint density at radius 1 is 0.667 bits per heavy atom. The summed E-state index contributed by atoms with van der Waals surface area (Å²) in [6.07, 6.45) is 24.9. The van der Waals surface area contributed by atoms with Gasteiger partial charge in [-0.15, -0.1) is 0 Å². The number of nitrogens with zero attached hydrogens (tertiary/aromatic N) is 2. The number of unbranched alkanes of at least 4 members (excludes halogenated alkanes) is 13. The molecule has 1 aliphatic heterocycles. The monoisotopic (exact) mass is 544 g/mol. The van der Waals surface area contributed by atoms with E-state index in [2.05, 4.69) is 60.3 Å². The standard InChI is InChI=1S/C34H60N2O3/c1-4-6-7-8-9-10-11-12-13-14-15-16-17-20-26-38-29-34(37-3)30-39-28-33-22-19-18-21-32(33)27-36-25-24-35(31-36)23-5-2/h18-19,21-22,24-25,34H,4-17,20,23,26-31H2,1-3H3. The number of benzene rings is 1. The highest BCUT2D eigenvalue weighted by Gasteiger charge is 2.14. The lowest BCUT2D eigenvalue weighted by Gasteiger charge is -2.22. The molecule has 0 N–H and O–H groups in total. The van der Waals surface area contributed by atoms with E-state index in [1.807, 2.05) is 0 Å². The summed E-state index contributed by atoms with van der Waals surface area (Å²) in [4.78, 5) is 4.72. The van der Waals surface area contributed by atoms with E-state index < -0.39 is 0 Å². The highest BCUT2D eigenvalue weighted by Crippen LogP contribution is 2.17. The molecule has 0 radical (unpaired) electrons. The van der Waals surface area contributed by atoms with Crippen molar-refractivity contribution in [1.82, 2.24) is 9.80 Å². The quantitative estimate of drug-likeness (QED) is 0.109. The molecule has 2 rings (SSSR count). The fraction of sp³-hybridized carbons (Fsp3) is 0.765. The highest BCUT2D eigenvalue weighted by molar-refractivity contribution is 5.26. The molecule has 0 saturated heterocycles. The Morgan fingerprint density at radius 3 is 1.85 bits per heavy atom. The van der Waals surface area contributed by atoms with Crippen molar-refractivity contribution in [2.24, 2.45) is 0 Å². The Balaban J connectivity index is 1.45. The van der Waals surface area contributed by atoms with Crippen LogP contribution in [0.2, 0.25) is 0 Å². The molecule has 0 aromatic heterocycles. The first-order valence-corrected chi connectivity index (χ1v) is 16.2. The lowest BCUT2D eigenvalue weighted by atomic mass is 10.0. The number of rotatable bonds is 26. The van der Waals surface area contributed by atoms with Gasteiger partial charge in [0.05, 0.1) is 26.5 Å². The molecule has 0 amide bonds. The summed E-state index contributed by atoms with van der Waals surface area (Å²) >= 11 is 0. The fourth-order valence-corrected chi connectivity index (χ4v) is 5.22. The van der Waals surface area contributed by atoms with Crippen molar-refractivity contribution in [3.63, 3.8) is 0 Å². The third-order valence-electron chi connectivity index (χ3n) is 7.69. The number of methoxy groups -OCH3 is 1. The van der Waals surface area contributed by atoms with Gasteiger partial charge in [0.1, 0.15) is 6.10 Å². The molecule has 0 spiro atoms. The summed E-state index contributed by atoms with van der Waals surface area (Å²) in [5, 5.41) is 0. The largest absolute Gasteiger partial charge is 0.379 e. The molecule has 5 nitrogen and oxygen atoms in total. The van der Waals surface area contributed by atoms with Gasteiger partial charge < -0.3 is 24.0 Å². The van der Waals surface area contributed by atoms with Crippen molar-refractivity contribution < 1.29 is 14.2 Å². The average molecular weight is 545 g/mol. The Morgan fingerprint density at radius 2 is 1.23 bits per heavy atom. The van der Waals surface area contributed by atoms with Crippen molar-refractivity contribution in [1.29, 1.82) is 0 Å². The smallest absolute Gasteiger partial charge is 0.104 e. The molecular weight excluding hydrogens is 484 g/mol. The SMILES string of the molecule is CCCCCCCCCCCCCCCCOCC(COCc1ccccc1CN1C=CN(CCC)C1)OC. The molecule has 1 aromatic rings. The van der Waals surface area contributed by atoms with Crippen LogP contribution in [-0.4, -0.2) is 56.0 Å². The van der Waals surface area contributed by atoms with Gasteiger partial charge in [0.15, 0.2) is 0 Å². The predicted molar refractivity (Wildman–Crippen MR) is 165 cm³/mol. The van der Waals surface area contributed by atoms with Crippen LogP contribution in [0.3, 0.4) is 0 Å². The van der Waals surface area contributed by atoms with E-state index >= 15 is 0 Å². The van der Waals surface area contributed by atoms with E-state index in [-0.39, 0.29) is 6.10 Å². The Hall–Kier alpha value is -1.56. The minimum absolute atomic E-state index is 0.0204. The number of hydrogen-bond acceptors (Lipinski definition) is 5. The van der Waals surface area contributed by atoms with Gasteiger partial charge in [0, 0.05) is 39.2 Å². The van der Waals surface area contributed by atoms with Crippen LogP contribution in [0.15, 0.2) is 36.7 Å². The Kier molecular flexibility index (Phi) is 20.0. The highest BCUT2D eigenvalue weighted by atomic mass is 16.6. The van der Waals surface area contributed by atoms with Crippen LogP contribution in [0.1, 0.15) is 121 Å². The third-order valence-corrected chi connectivity index (χ3v) is 7.69. The van der Waals surface area contributed by atoms with Crippen molar-refractivity contribution in [3.8, 4) is 0 Å². The van der Waals surface area contributed by atoms with Crippen LogP contribution in [0.4, 0.5) is 0 Å². The summed E-state index contributed by atoms with van der Waals surface area (Å²) in [7, 11) is 1.75. The van der Waals surface area contributed by atoms with Gasteiger partial charge in [-0.25, -0.2) is 0 Å². The van der Waals surface area contributed by atoms with Gasteiger partial charge in [-0.2, -0.15) is 0 Å². The first kappa shape index (κ1) is 33.6. The van der Waals surface area contributed by atoms with E-state index in [1.165, 1.54) is 101 Å². The van der Waals surface area contributed by atoms with Gasteiger partial charge in [-0.05, 0) is 24.0 Å². The van der Waals surface area contributed by atoms with E-state index in [0.717, 1.165) is 32.8 Å². The summed E-state index contributed by atoms with van der Waals surface area (Å²) in [5.41, 5.74) is 2.57. The molecular formula is C34H60N2O3. The van der Waals surface area contributed by atoms with Crippen LogP contribution < -0.4 is 0 Å². The average Bonchev–Trinajstić information content (AvgIpc) is 3.39. The summed E-state index contributed by atoms with van der Waals surface area (Å²) in [6, 6.07) is 8.60. The summed E-state index contributed by atoms with van der Waals surface area (Å²) < 4.78 is 17.6. The molecule has 1 aromatic carbocycles. The molecule has 1 aliphatic rings. The molecule has 0 aliphatic carbocycles. The zero-order valence-corrected chi connectivity index (χ0v) is 25.7. The molecule has 0 saturated carbocycles. The van der Waals surface area contributed by atoms with Crippen molar-refractivity contribution in [2.45, 2.75) is 129 Å². The minimum Gasteiger partial charge on any atom is -0.379 e. The molecule has 5 heteroatoms. The van der Waals surface area contributed by atoms with Crippen LogP contribution in [-0.2, 0) is 27.4 Å². The van der Waals surface area contributed by atoms with Gasteiger partial charge in [0.25, 0.3) is 0 Å². The van der Waals surface area contributed by atoms with Crippen LogP contribution >= 0.6 is 0 Å². The van der Waals surface area contributed by atoms with Gasteiger partial charge in [-0.1, -0.05) is 122 Å². The molecule has 0 fully saturated rings. The molecule has 1 atom stereocenters. The van der Waals surface area contributed by atoms with Crippen molar-refractivity contribution in [2.75, 3.05) is 40.1 Å². The number of ether oxygens (including phenoxy) is 3. The normalized spacial score (nSPS) is 14.0. The third kappa shape index (κ3) is 16.3. The van der Waals surface area contributed by atoms with Gasteiger partial charge in [0.2, 0.25) is 0 Å². The zero-order valence-electron chi connectivity index (χ0n) is 25.7.